The number of rotatable bonds is 3. The van der Waals surface area contributed by atoms with Gasteiger partial charge in [0.15, 0.2) is 0 Å². The van der Waals surface area contributed by atoms with Crippen LogP contribution in [-0.2, 0) is 11.2 Å². The number of benzene rings is 1. The van der Waals surface area contributed by atoms with Gasteiger partial charge in [0, 0.05) is 0 Å². The van der Waals surface area contributed by atoms with Crippen LogP contribution in [0.1, 0.15) is 35.6 Å². The minimum Gasteiger partial charge on any atom is -0.370 e. The molecule has 1 aromatic rings. The Morgan fingerprint density at radius 3 is 2.13 bits per heavy atom. The van der Waals surface area contributed by atoms with E-state index in [2.05, 4.69) is 39.8 Å². The second kappa shape index (κ2) is 3.97. The van der Waals surface area contributed by atoms with Crippen molar-refractivity contribution in [1.82, 2.24) is 0 Å². The van der Waals surface area contributed by atoms with Crippen molar-refractivity contribution in [3.05, 3.63) is 34.4 Å². The van der Waals surface area contributed by atoms with Crippen LogP contribution in [0.5, 0.6) is 0 Å². The summed E-state index contributed by atoms with van der Waals surface area (Å²) in [5, 5.41) is 0. The maximum absolute atomic E-state index is 5.44. The third-order valence-electron chi connectivity index (χ3n) is 3.36. The molecule has 2 rings (SSSR count). The van der Waals surface area contributed by atoms with Gasteiger partial charge in [0.25, 0.3) is 0 Å². The quantitative estimate of drug-likeness (QED) is 0.688. The van der Waals surface area contributed by atoms with Gasteiger partial charge in [-0.05, 0) is 57.2 Å². The summed E-state index contributed by atoms with van der Waals surface area (Å²) >= 11 is 0. The molecule has 1 aliphatic heterocycles. The lowest BCUT2D eigenvalue weighted by atomic mass is 9.95. The highest BCUT2D eigenvalue weighted by atomic mass is 16.6. The van der Waals surface area contributed by atoms with Crippen molar-refractivity contribution in [2.24, 2.45) is 0 Å². The van der Waals surface area contributed by atoms with Crippen molar-refractivity contribution in [3.63, 3.8) is 0 Å². The van der Waals surface area contributed by atoms with Crippen LogP contribution in [-0.4, -0.2) is 12.2 Å². The van der Waals surface area contributed by atoms with Gasteiger partial charge in [-0.1, -0.05) is 17.7 Å². The van der Waals surface area contributed by atoms with Crippen LogP contribution in [0.3, 0.4) is 0 Å². The monoisotopic (exact) mass is 204 g/mol. The van der Waals surface area contributed by atoms with Crippen LogP contribution in [0.4, 0.5) is 0 Å². The molecule has 1 heteroatoms. The van der Waals surface area contributed by atoms with Gasteiger partial charge in [-0.15, -0.1) is 0 Å². The molecule has 2 atom stereocenters. The Bertz CT molecular complexity index is 345. The summed E-state index contributed by atoms with van der Waals surface area (Å²) in [7, 11) is 0. The second-order valence-electron chi connectivity index (χ2n) is 4.80. The molecule has 1 heterocycles. The van der Waals surface area contributed by atoms with E-state index in [0.29, 0.717) is 12.2 Å². The Morgan fingerprint density at radius 2 is 1.67 bits per heavy atom. The van der Waals surface area contributed by atoms with E-state index in [1.807, 2.05) is 0 Å². The molecule has 82 valence electrons. The summed E-state index contributed by atoms with van der Waals surface area (Å²) in [6.07, 6.45) is 3.35. The molecule has 0 radical (unpaired) electrons. The molecule has 1 aliphatic rings. The van der Waals surface area contributed by atoms with E-state index < -0.39 is 0 Å². The molecule has 0 aliphatic carbocycles. The summed E-state index contributed by atoms with van der Waals surface area (Å²) in [4.78, 5) is 0. The molecule has 2 unspecified atom stereocenters. The Labute approximate surface area is 92.5 Å². The summed E-state index contributed by atoms with van der Waals surface area (Å²) in [6.45, 7) is 8.74. The normalized spacial score (nSPS) is 24.3. The maximum atomic E-state index is 5.44. The summed E-state index contributed by atoms with van der Waals surface area (Å²) in [5.41, 5.74) is 5.75. The van der Waals surface area contributed by atoms with Crippen molar-refractivity contribution in [3.8, 4) is 0 Å². The molecule has 0 aromatic heterocycles. The first-order chi connectivity index (χ1) is 7.08. The molecule has 15 heavy (non-hydrogen) atoms. The maximum Gasteiger partial charge on any atom is 0.0842 e. The minimum atomic E-state index is 0.496. The van der Waals surface area contributed by atoms with Crippen LogP contribution in [0.2, 0.25) is 0 Å². The SMILES string of the molecule is Cc1cc(C)c(CCC2OC2C)c(C)c1. The van der Waals surface area contributed by atoms with Crippen LogP contribution in [0.15, 0.2) is 12.1 Å². The predicted octanol–water partition coefficient (Wildman–Crippen LogP) is 3.33. The van der Waals surface area contributed by atoms with Crippen LogP contribution in [0.25, 0.3) is 0 Å². The van der Waals surface area contributed by atoms with Crippen molar-refractivity contribution >= 4 is 0 Å². The molecule has 1 saturated heterocycles. The van der Waals surface area contributed by atoms with Crippen LogP contribution < -0.4 is 0 Å². The zero-order valence-corrected chi connectivity index (χ0v) is 10.1. The summed E-state index contributed by atoms with van der Waals surface area (Å²) in [6, 6.07) is 4.55. The fourth-order valence-corrected chi connectivity index (χ4v) is 2.42. The van der Waals surface area contributed by atoms with Gasteiger partial charge in [0.2, 0.25) is 0 Å². The molecule has 1 aromatic carbocycles. The van der Waals surface area contributed by atoms with Gasteiger partial charge in [-0.3, -0.25) is 0 Å². The number of hydrogen-bond donors (Lipinski definition) is 0. The van der Waals surface area contributed by atoms with Gasteiger partial charge in [0.1, 0.15) is 0 Å². The minimum absolute atomic E-state index is 0.496. The third kappa shape index (κ3) is 2.40. The molecule has 0 bridgehead atoms. The van der Waals surface area contributed by atoms with E-state index >= 15 is 0 Å². The Kier molecular flexibility index (Phi) is 2.83. The van der Waals surface area contributed by atoms with Gasteiger partial charge >= 0.3 is 0 Å². The molecule has 0 amide bonds. The first-order valence-electron chi connectivity index (χ1n) is 5.80. The lowest BCUT2D eigenvalue weighted by molar-refractivity contribution is 0.370. The fraction of sp³-hybridized carbons (Fsp3) is 0.571. The van der Waals surface area contributed by atoms with E-state index in [9.17, 15) is 0 Å². The molecule has 1 nitrogen and oxygen atoms in total. The number of ether oxygens (including phenoxy) is 1. The van der Waals surface area contributed by atoms with E-state index in [4.69, 9.17) is 4.74 Å². The van der Waals surface area contributed by atoms with E-state index in [1.165, 1.54) is 28.7 Å². The summed E-state index contributed by atoms with van der Waals surface area (Å²) in [5.74, 6) is 0. The lowest BCUT2D eigenvalue weighted by Gasteiger charge is -2.10. The third-order valence-corrected chi connectivity index (χ3v) is 3.36. The zero-order chi connectivity index (χ0) is 11.0. The van der Waals surface area contributed by atoms with Crippen LogP contribution in [0, 0.1) is 20.8 Å². The topological polar surface area (TPSA) is 12.5 Å². The Hall–Kier alpha value is -0.820. The standard InChI is InChI=1S/C14H20O/c1-9-7-10(2)13(11(3)8-9)5-6-14-12(4)15-14/h7-8,12,14H,5-6H2,1-4H3. The van der Waals surface area contributed by atoms with Crippen molar-refractivity contribution < 1.29 is 4.74 Å². The molecular formula is C14H20O. The Morgan fingerprint density at radius 1 is 1.13 bits per heavy atom. The second-order valence-corrected chi connectivity index (χ2v) is 4.80. The van der Waals surface area contributed by atoms with E-state index in [1.54, 1.807) is 0 Å². The Balaban J connectivity index is 2.06. The fourth-order valence-electron chi connectivity index (χ4n) is 2.42. The number of epoxide rings is 1. The zero-order valence-electron chi connectivity index (χ0n) is 10.1. The highest BCUT2D eigenvalue weighted by Crippen LogP contribution is 2.27. The van der Waals surface area contributed by atoms with Gasteiger partial charge in [-0.25, -0.2) is 0 Å². The van der Waals surface area contributed by atoms with Crippen molar-refractivity contribution in [2.45, 2.75) is 52.7 Å². The molecule has 0 spiro atoms. The smallest absolute Gasteiger partial charge is 0.0842 e. The molecule has 0 N–H and O–H groups in total. The van der Waals surface area contributed by atoms with Gasteiger partial charge in [0.05, 0.1) is 12.2 Å². The van der Waals surface area contributed by atoms with Crippen LogP contribution >= 0.6 is 0 Å². The summed E-state index contributed by atoms with van der Waals surface area (Å²) < 4.78 is 5.44. The first-order valence-corrected chi connectivity index (χ1v) is 5.80. The van der Waals surface area contributed by atoms with Crippen molar-refractivity contribution in [2.75, 3.05) is 0 Å². The highest BCUT2D eigenvalue weighted by molar-refractivity contribution is 5.37. The predicted molar refractivity (Wildman–Crippen MR) is 63.3 cm³/mol. The first kappa shape index (κ1) is 10.7. The van der Waals surface area contributed by atoms with E-state index in [0.717, 1.165) is 6.42 Å². The van der Waals surface area contributed by atoms with Gasteiger partial charge < -0.3 is 4.74 Å². The van der Waals surface area contributed by atoms with Gasteiger partial charge in [-0.2, -0.15) is 0 Å². The lowest BCUT2D eigenvalue weighted by Crippen LogP contribution is -1.99. The molecular weight excluding hydrogens is 184 g/mol. The number of hydrogen-bond acceptors (Lipinski definition) is 1. The average molecular weight is 204 g/mol. The highest BCUT2D eigenvalue weighted by Gasteiger charge is 2.33. The average Bonchev–Trinajstić information content (AvgIpc) is 2.80. The molecule has 1 fully saturated rings. The van der Waals surface area contributed by atoms with Crippen molar-refractivity contribution in [1.29, 1.82) is 0 Å². The number of aryl methyl sites for hydroxylation is 3. The van der Waals surface area contributed by atoms with E-state index in [-0.39, 0.29) is 0 Å². The largest absolute Gasteiger partial charge is 0.370 e. The molecule has 0 saturated carbocycles.